The van der Waals surface area contributed by atoms with Gasteiger partial charge in [-0.05, 0) is 48.3 Å². The minimum absolute atomic E-state index is 0.0483. The van der Waals surface area contributed by atoms with Crippen molar-refractivity contribution in [2.45, 2.75) is 18.9 Å². The van der Waals surface area contributed by atoms with Crippen LogP contribution in [0.1, 0.15) is 24.4 Å². The number of nitrogens with two attached hydrogens (primary N) is 2. The van der Waals surface area contributed by atoms with Gasteiger partial charge in [0.1, 0.15) is 0 Å². The zero-order chi connectivity index (χ0) is 12.3. The van der Waals surface area contributed by atoms with Crippen molar-refractivity contribution >= 4 is 17.2 Å². The van der Waals surface area contributed by atoms with Gasteiger partial charge in [-0.3, -0.25) is 9.69 Å². The molecule has 0 bridgehead atoms. The first-order valence-corrected chi connectivity index (χ1v) is 6.92. The highest BCUT2D eigenvalue weighted by atomic mass is 32.1. The predicted molar refractivity (Wildman–Crippen MR) is 69.6 cm³/mol. The fourth-order valence-corrected chi connectivity index (χ4v) is 3.16. The van der Waals surface area contributed by atoms with Crippen LogP contribution in [0.4, 0.5) is 0 Å². The second-order valence-corrected chi connectivity index (χ2v) is 5.30. The molecular formula is C12H19N3OS. The van der Waals surface area contributed by atoms with Crippen LogP contribution in [0, 0.1) is 5.92 Å². The second-order valence-electron chi connectivity index (χ2n) is 4.52. The van der Waals surface area contributed by atoms with E-state index in [9.17, 15) is 4.79 Å². The molecule has 2 heterocycles. The van der Waals surface area contributed by atoms with Crippen LogP contribution >= 0.6 is 11.3 Å². The fraction of sp³-hybridized carbons (Fsp3) is 0.583. The molecule has 4 N–H and O–H groups in total. The molecule has 0 saturated carbocycles. The molecule has 2 rings (SSSR count). The van der Waals surface area contributed by atoms with Crippen molar-refractivity contribution in [3.05, 3.63) is 22.4 Å². The number of carbonyl (C=O) groups is 1. The summed E-state index contributed by atoms with van der Waals surface area (Å²) in [6.45, 7) is 2.44. The van der Waals surface area contributed by atoms with Crippen molar-refractivity contribution < 1.29 is 4.79 Å². The highest BCUT2D eigenvalue weighted by Crippen LogP contribution is 2.27. The van der Waals surface area contributed by atoms with Crippen LogP contribution in [0.5, 0.6) is 0 Å². The van der Waals surface area contributed by atoms with Gasteiger partial charge in [0.2, 0.25) is 5.91 Å². The Morgan fingerprint density at radius 1 is 1.53 bits per heavy atom. The van der Waals surface area contributed by atoms with Gasteiger partial charge in [-0.1, -0.05) is 0 Å². The number of likely N-dealkylation sites (tertiary alicyclic amines) is 1. The molecule has 1 saturated heterocycles. The van der Waals surface area contributed by atoms with Crippen molar-refractivity contribution in [3.63, 3.8) is 0 Å². The van der Waals surface area contributed by atoms with Crippen LogP contribution in [0.3, 0.4) is 0 Å². The number of primary amides is 1. The molecule has 17 heavy (non-hydrogen) atoms. The van der Waals surface area contributed by atoms with Crippen LogP contribution in [0.15, 0.2) is 16.8 Å². The van der Waals surface area contributed by atoms with E-state index in [1.165, 1.54) is 5.56 Å². The number of amides is 1. The first-order valence-electron chi connectivity index (χ1n) is 5.98. The lowest BCUT2D eigenvalue weighted by molar-refractivity contribution is -0.123. The summed E-state index contributed by atoms with van der Waals surface area (Å²) < 4.78 is 0. The van der Waals surface area contributed by atoms with E-state index in [4.69, 9.17) is 11.5 Å². The molecule has 1 aromatic rings. The van der Waals surface area contributed by atoms with Crippen molar-refractivity contribution in [1.29, 1.82) is 0 Å². The zero-order valence-corrected chi connectivity index (χ0v) is 10.7. The summed E-state index contributed by atoms with van der Waals surface area (Å²) in [7, 11) is 0. The smallest absolute Gasteiger partial charge is 0.220 e. The highest BCUT2D eigenvalue weighted by molar-refractivity contribution is 7.07. The maximum Gasteiger partial charge on any atom is 0.220 e. The summed E-state index contributed by atoms with van der Waals surface area (Å²) in [5.41, 5.74) is 12.5. The van der Waals surface area contributed by atoms with Crippen molar-refractivity contribution in [2.75, 3.05) is 19.6 Å². The molecule has 94 valence electrons. The highest BCUT2D eigenvalue weighted by Gasteiger charge is 2.27. The number of hydrogen-bond donors (Lipinski definition) is 2. The third kappa shape index (κ3) is 2.86. The Morgan fingerprint density at radius 3 is 2.71 bits per heavy atom. The van der Waals surface area contributed by atoms with E-state index in [2.05, 4.69) is 21.7 Å². The van der Waals surface area contributed by atoms with Gasteiger partial charge in [-0.15, -0.1) is 0 Å². The maximum atomic E-state index is 11.1. The van der Waals surface area contributed by atoms with Gasteiger partial charge in [0.15, 0.2) is 0 Å². The molecular weight excluding hydrogens is 234 g/mol. The van der Waals surface area contributed by atoms with E-state index >= 15 is 0 Å². The molecule has 0 spiro atoms. The minimum Gasteiger partial charge on any atom is -0.369 e. The summed E-state index contributed by atoms with van der Waals surface area (Å²) in [6.07, 6.45) is 1.71. The van der Waals surface area contributed by atoms with E-state index in [1.807, 2.05) is 0 Å². The molecule has 5 heteroatoms. The maximum absolute atomic E-state index is 11.1. The molecule has 0 aliphatic carbocycles. The summed E-state index contributed by atoms with van der Waals surface area (Å²) in [6, 6.07) is 2.41. The predicted octanol–water partition coefficient (Wildman–Crippen LogP) is 0.945. The molecule has 1 amide bonds. The van der Waals surface area contributed by atoms with Crippen molar-refractivity contribution in [1.82, 2.24) is 4.90 Å². The quantitative estimate of drug-likeness (QED) is 0.839. The molecule has 1 fully saturated rings. The minimum atomic E-state index is -0.163. The molecule has 1 aliphatic heterocycles. The molecule has 1 aromatic heterocycles. The number of hydrogen-bond acceptors (Lipinski definition) is 4. The lowest BCUT2D eigenvalue weighted by Gasteiger charge is -2.36. The summed E-state index contributed by atoms with van der Waals surface area (Å²) in [5.74, 6) is -0.114. The number of nitrogens with zero attached hydrogens (tertiary/aromatic N) is 1. The van der Waals surface area contributed by atoms with Gasteiger partial charge in [-0.2, -0.15) is 11.3 Å². The Kier molecular flexibility index (Phi) is 4.15. The number of carbonyl (C=O) groups excluding carboxylic acids is 1. The first-order chi connectivity index (χ1) is 8.22. The Hall–Kier alpha value is -0.910. The third-order valence-electron chi connectivity index (χ3n) is 3.52. The lowest BCUT2D eigenvalue weighted by Crippen LogP contribution is -2.42. The van der Waals surface area contributed by atoms with E-state index in [1.54, 1.807) is 11.3 Å². The third-order valence-corrected chi connectivity index (χ3v) is 4.23. The molecule has 4 nitrogen and oxygen atoms in total. The van der Waals surface area contributed by atoms with E-state index < -0.39 is 0 Å². The molecule has 0 radical (unpaired) electrons. The molecule has 0 aromatic carbocycles. The van der Waals surface area contributed by atoms with E-state index in [-0.39, 0.29) is 17.9 Å². The number of piperidine rings is 1. The summed E-state index contributed by atoms with van der Waals surface area (Å²) in [4.78, 5) is 13.5. The van der Waals surface area contributed by atoms with E-state index in [0.717, 1.165) is 25.9 Å². The van der Waals surface area contributed by atoms with Gasteiger partial charge in [0.05, 0.1) is 0 Å². The van der Waals surface area contributed by atoms with Gasteiger partial charge in [-0.25, -0.2) is 0 Å². The van der Waals surface area contributed by atoms with Gasteiger partial charge < -0.3 is 11.5 Å². The zero-order valence-electron chi connectivity index (χ0n) is 9.84. The summed E-state index contributed by atoms with van der Waals surface area (Å²) >= 11 is 1.70. The normalized spacial score (nSPS) is 20.3. The largest absolute Gasteiger partial charge is 0.369 e. The van der Waals surface area contributed by atoms with Crippen LogP contribution in [-0.4, -0.2) is 30.4 Å². The van der Waals surface area contributed by atoms with Crippen LogP contribution < -0.4 is 11.5 Å². The first kappa shape index (κ1) is 12.5. The van der Waals surface area contributed by atoms with Gasteiger partial charge >= 0.3 is 0 Å². The Labute approximate surface area is 106 Å². The average molecular weight is 253 g/mol. The number of rotatable bonds is 4. The van der Waals surface area contributed by atoms with E-state index in [0.29, 0.717) is 6.54 Å². The number of thiophene rings is 1. The summed E-state index contributed by atoms with van der Waals surface area (Å²) in [5, 5.41) is 4.23. The topological polar surface area (TPSA) is 72.3 Å². The molecule has 1 unspecified atom stereocenters. The standard InChI is InChI=1S/C12H19N3OS/c13-7-11(10-3-6-17-8-10)15-4-1-9(2-5-15)12(14)16/h3,6,8-9,11H,1-2,4-5,7,13H2,(H2,14,16). The SMILES string of the molecule is NCC(c1ccsc1)N1CCC(C(N)=O)CC1. The molecule has 1 aliphatic rings. The van der Waals surface area contributed by atoms with Gasteiger partial charge in [0, 0.05) is 18.5 Å². The Balaban J connectivity index is 1.97. The Bertz CT molecular complexity index is 358. The molecule has 1 atom stereocenters. The second kappa shape index (κ2) is 5.62. The van der Waals surface area contributed by atoms with Crippen LogP contribution in [-0.2, 0) is 4.79 Å². The average Bonchev–Trinajstić information content (AvgIpc) is 2.84. The monoisotopic (exact) mass is 253 g/mol. The fourth-order valence-electron chi connectivity index (χ4n) is 2.46. The van der Waals surface area contributed by atoms with Gasteiger partial charge in [0.25, 0.3) is 0 Å². The Morgan fingerprint density at radius 2 is 2.24 bits per heavy atom. The van der Waals surface area contributed by atoms with Crippen molar-refractivity contribution in [3.8, 4) is 0 Å². The van der Waals surface area contributed by atoms with Crippen LogP contribution in [0.2, 0.25) is 0 Å². The van der Waals surface area contributed by atoms with Crippen molar-refractivity contribution in [2.24, 2.45) is 17.4 Å². The lowest BCUT2D eigenvalue weighted by atomic mass is 9.94. The van der Waals surface area contributed by atoms with Crippen LogP contribution in [0.25, 0.3) is 0 Å².